The third-order valence-electron chi connectivity index (χ3n) is 3.11. The summed E-state index contributed by atoms with van der Waals surface area (Å²) >= 11 is 0. The number of hydrogen-bond acceptors (Lipinski definition) is 4. The highest BCUT2D eigenvalue weighted by molar-refractivity contribution is 5.76. The van der Waals surface area contributed by atoms with Gasteiger partial charge in [0.25, 0.3) is 0 Å². The number of carbonyl (C=O) groups excluding carboxylic acids is 2. The molecule has 1 aliphatic rings. The first-order valence-corrected chi connectivity index (χ1v) is 6.59. The Morgan fingerprint density at radius 2 is 1.91 bits per heavy atom. The van der Waals surface area contributed by atoms with Gasteiger partial charge in [0.2, 0.25) is 0 Å². The van der Waals surface area contributed by atoms with Crippen molar-refractivity contribution in [1.82, 2.24) is 4.90 Å². The van der Waals surface area contributed by atoms with E-state index in [-0.39, 0.29) is 26.1 Å². The first kappa shape index (κ1) is 16.1. The molecule has 0 N–H and O–H groups in total. The lowest BCUT2D eigenvalue weighted by atomic mass is 10.2. The normalized spacial score (nSPS) is 18.1. The van der Waals surface area contributed by atoms with Crippen LogP contribution < -0.4 is 0 Å². The van der Waals surface area contributed by atoms with Gasteiger partial charge in [-0.25, -0.2) is 9.59 Å². The molecule has 1 saturated heterocycles. The predicted molar refractivity (Wildman–Crippen MR) is 68.8 cm³/mol. The topological polar surface area (TPSA) is 55.8 Å². The Morgan fingerprint density at radius 3 is 2.55 bits per heavy atom. The number of likely N-dealkylation sites (tertiary alicyclic amines) is 1. The van der Waals surface area contributed by atoms with Crippen LogP contribution in [0.4, 0.5) is 18.0 Å². The highest BCUT2D eigenvalue weighted by Gasteiger charge is 2.43. The molecular formula is C14H14F3NO4. The lowest BCUT2D eigenvalue weighted by molar-refractivity contribution is -0.204. The van der Waals surface area contributed by atoms with Gasteiger partial charge < -0.3 is 14.4 Å². The van der Waals surface area contributed by atoms with E-state index in [1.54, 1.807) is 24.3 Å². The fraction of sp³-hybridized carbons (Fsp3) is 0.429. The average Bonchev–Trinajstić information content (AvgIpc) is 2.93. The van der Waals surface area contributed by atoms with Crippen LogP contribution in [0.1, 0.15) is 12.0 Å². The maximum Gasteiger partial charge on any atom is 0.490 e. The molecule has 0 bridgehead atoms. The van der Waals surface area contributed by atoms with Crippen LogP contribution in [-0.4, -0.2) is 42.3 Å². The minimum Gasteiger partial charge on any atom is -0.454 e. The van der Waals surface area contributed by atoms with Crippen molar-refractivity contribution >= 4 is 12.1 Å². The van der Waals surface area contributed by atoms with Crippen molar-refractivity contribution in [2.75, 3.05) is 13.1 Å². The SMILES string of the molecule is O=C(OCc1ccccc1)N1CCC(OC(=O)C(F)(F)F)C1. The van der Waals surface area contributed by atoms with Crippen LogP contribution >= 0.6 is 0 Å². The zero-order valence-corrected chi connectivity index (χ0v) is 11.5. The zero-order chi connectivity index (χ0) is 16.2. The lowest BCUT2D eigenvalue weighted by Crippen LogP contribution is -2.34. The third kappa shape index (κ3) is 4.37. The summed E-state index contributed by atoms with van der Waals surface area (Å²) in [4.78, 5) is 23.7. The molecule has 1 unspecified atom stereocenters. The third-order valence-corrected chi connectivity index (χ3v) is 3.11. The van der Waals surface area contributed by atoms with Gasteiger partial charge >= 0.3 is 18.2 Å². The van der Waals surface area contributed by atoms with Gasteiger partial charge in [0.05, 0.1) is 6.54 Å². The fourth-order valence-electron chi connectivity index (χ4n) is 2.02. The molecule has 0 radical (unpaired) electrons. The van der Waals surface area contributed by atoms with Crippen LogP contribution in [0.2, 0.25) is 0 Å². The molecule has 22 heavy (non-hydrogen) atoms. The number of ether oxygens (including phenoxy) is 2. The number of alkyl halides is 3. The molecule has 1 heterocycles. The number of halogens is 3. The van der Waals surface area contributed by atoms with Gasteiger partial charge in [0.15, 0.2) is 0 Å². The van der Waals surface area contributed by atoms with Crippen molar-refractivity contribution in [3.05, 3.63) is 35.9 Å². The second-order valence-electron chi connectivity index (χ2n) is 4.80. The Bertz CT molecular complexity index is 533. The lowest BCUT2D eigenvalue weighted by Gasteiger charge is -2.17. The molecule has 0 aromatic heterocycles. The molecule has 1 amide bonds. The van der Waals surface area contributed by atoms with Crippen molar-refractivity contribution in [3.63, 3.8) is 0 Å². The van der Waals surface area contributed by atoms with E-state index in [0.29, 0.717) is 0 Å². The first-order chi connectivity index (χ1) is 10.4. The van der Waals surface area contributed by atoms with Gasteiger partial charge in [-0.05, 0) is 5.56 Å². The molecule has 1 aliphatic heterocycles. The largest absolute Gasteiger partial charge is 0.490 e. The van der Waals surface area contributed by atoms with Crippen LogP contribution in [0, 0.1) is 0 Å². The molecular weight excluding hydrogens is 303 g/mol. The Kier molecular flexibility index (Phi) is 4.89. The standard InChI is InChI=1S/C14H14F3NO4/c15-14(16,17)12(19)22-11-6-7-18(8-11)13(20)21-9-10-4-2-1-3-5-10/h1-5,11H,6-9H2. The molecule has 0 aliphatic carbocycles. The molecule has 2 rings (SSSR count). The van der Waals surface area contributed by atoms with E-state index < -0.39 is 24.3 Å². The summed E-state index contributed by atoms with van der Waals surface area (Å²) in [5.74, 6) is -2.24. The summed E-state index contributed by atoms with van der Waals surface area (Å²) in [5, 5.41) is 0. The highest BCUT2D eigenvalue weighted by atomic mass is 19.4. The number of rotatable bonds is 3. The van der Waals surface area contributed by atoms with Crippen LogP contribution in [0.25, 0.3) is 0 Å². The Morgan fingerprint density at radius 1 is 1.23 bits per heavy atom. The van der Waals surface area contributed by atoms with Crippen molar-refractivity contribution < 1.29 is 32.2 Å². The first-order valence-electron chi connectivity index (χ1n) is 6.59. The van der Waals surface area contributed by atoms with E-state index in [4.69, 9.17) is 4.74 Å². The molecule has 0 saturated carbocycles. The van der Waals surface area contributed by atoms with E-state index >= 15 is 0 Å². The quantitative estimate of drug-likeness (QED) is 0.804. The summed E-state index contributed by atoms with van der Waals surface area (Å²) < 4.78 is 45.6. The molecule has 5 nitrogen and oxygen atoms in total. The molecule has 1 atom stereocenters. The second-order valence-corrected chi connectivity index (χ2v) is 4.80. The van der Waals surface area contributed by atoms with E-state index in [0.717, 1.165) is 5.56 Å². The number of nitrogens with zero attached hydrogens (tertiary/aromatic N) is 1. The molecule has 0 spiro atoms. The minimum atomic E-state index is -5.03. The van der Waals surface area contributed by atoms with Gasteiger partial charge in [-0.1, -0.05) is 30.3 Å². The van der Waals surface area contributed by atoms with Crippen LogP contribution in [0.3, 0.4) is 0 Å². The van der Waals surface area contributed by atoms with Gasteiger partial charge in [0, 0.05) is 13.0 Å². The van der Waals surface area contributed by atoms with Crippen molar-refractivity contribution in [3.8, 4) is 0 Å². The smallest absolute Gasteiger partial charge is 0.454 e. The number of hydrogen-bond donors (Lipinski definition) is 0. The maximum atomic E-state index is 12.1. The summed E-state index contributed by atoms with van der Waals surface area (Å²) in [5.41, 5.74) is 0.801. The minimum absolute atomic E-state index is 0.0726. The summed E-state index contributed by atoms with van der Waals surface area (Å²) in [6.07, 6.45) is -6.48. The van der Waals surface area contributed by atoms with Gasteiger partial charge in [0.1, 0.15) is 12.7 Å². The number of carbonyl (C=O) groups is 2. The number of amides is 1. The maximum absolute atomic E-state index is 12.1. The number of esters is 1. The Hall–Kier alpha value is -2.25. The summed E-state index contributed by atoms with van der Waals surface area (Å²) in [6.45, 7) is 0.155. The molecule has 1 fully saturated rings. The predicted octanol–water partition coefficient (Wildman–Crippen LogP) is 2.50. The van der Waals surface area contributed by atoms with Gasteiger partial charge in [-0.3, -0.25) is 0 Å². The van der Waals surface area contributed by atoms with Crippen LogP contribution in [-0.2, 0) is 20.9 Å². The van der Waals surface area contributed by atoms with Crippen LogP contribution in [0.15, 0.2) is 30.3 Å². The monoisotopic (exact) mass is 317 g/mol. The Balaban J connectivity index is 1.78. The highest BCUT2D eigenvalue weighted by Crippen LogP contribution is 2.21. The Labute approximate surface area is 124 Å². The van der Waals surface area contributed by atoms with E-state index in [2.05, 4.69) is 4.74 Å². The van der Waals surface area contributed by atoms with Crippen molar-refractivity contribution in [1.29, 1.82) is 0 Å². The molecule has 1 aromatic carbocycles. The fourth-order valence-corrected chi connectivity index (χ4v) is 2.02. The van der Waals surface area contributed by atoms with Gasteiger partial charge in [-0.2, -0.15) is 13.2 Å². The molecule has 8 heteroatoms. The number of benzene rings is 1. The molecule has 1 aromatic rings. The van der Waals surface area contributed by atoms with E-state index in [1.165, 1.54) is 4.90 Å². The van der Waals surface area contributed by atoms with E-state index in [1.807, 2.05) is 6.07 Å². The van der Waals surface area contributed by atoms with Gasteiger partial charge in [-0.15, -0.1) is 0 Å². The van der Waals surface area contributed by atoms with Crippen LogP contribution in [0.5, 0.6) is 0 Å². The molecule has 120 valence electrons. The van der Waals surface area contributed by atoms with E-state index in [9.17, 15) is 22.8 Å². The van der Waals surface area contributed by atoms with Crippen molar-refractivity contribution in [2.24, 2.45) is 0 Å². The average molecular weight is 317 g/mol. The van der Waals surface area contributed by atoms with Crippen molar-refractivity contribution in [2.45, 2.75) is 25.3 Å². The summed E-state index contributed by atoms with van der Waals surface area (Å²) in [6, 6.07) is 8.99. The second kappa shape index (κ2) is 6.67. The summed E-state index contributed by atoms with van der Waals surface area (Å²) in [7, 11) is 0. The zero-order valence-electron chi connectivity index (χ0n) is 11.5.